The molecule has 0 aromatic heterocycles. The summed E-state index contributed by atoms with van der Waals surface area (Å²) >= 11 is 1.40. The Bertz CT molecular complexity index is 917. The molecule has 0 bridgehead atoms. The third-order valence-corrected chi connectivity index (χ3v) is 5.41. The van der Waals surface area contributed by atoms with Crippen LogP contribution in [0.25, 0.3) is 5.57 Å². The number of anilines is 1. The summed E-state index contributed by atoms with van der Waals surface area (Å²) in [7, 11) is 1.53. The fourth-order valence-corrected chi connectivity index (χ4v) is 3.83. The first kappa shape index (κ1) is 18.3. The molecule has 1 heterocycles. The summed E-state index contributed by atoms with van der Waals surface area (Å²) in [5, 5.41) is 0. The molecule has 0 unspecified atom stereocenters. The van der Waals surface area contributed by atoms with Crippen LogP contribution in [-0.4, -0.2) is 24.7 Å². The van der Waals surface area contributed by atoms with E-state index in [0.29, 0.717) is 27.7 Å². The number of nitrogens with zero attached hydrogens (tertiary/aromatic N) is 1. The highest BCUT2D eigenvalue weighted by Crippen LogP contribution is 2.41. The van der Waals surface area contributed by atoms with E-state index in [4.69, 9.17) is 4.74 Å². The Hall–Kier alpha value is -2.53. The molecule has 2 aromatic rings. The molecule has 1 aliphatic heterocycles. The maximum atomic E-state index is 13.2. The molecular formula is C21H21NO3S. The summed E-state index contributed by atoms with van der Waals surface area (Å²) < 4.78 is 5.35. The number of methoxy groups -OCH3 is 1. The number of aryl methyl sites for hydroxylation is 2. The average Bonchev–Trinajstić information content (AvgIpc) is 2.88. The Morgan fingerprint density at radius 1 is 1.00 bits per heavy atom. The highest BCUT2D eigenvalue weighted by Gasteiger charge is 2.41. The summed E-state index contributed by atoms with van der Waals surface area (Å²) in [5.74, 6) is 0.609. The molecule has 26 heavy (non-hydrogen) atoms. The molecule has 0 saturated heterocycles. The van der Waals surface area contributed by atoms with Crippen LogP contribution in [0.4, 0.5) is 5.69 Å². The average molecular weight is 367 g/mol. The van der Waals surface area contributed by atoms with E-state index in [1.54, 1.807) is 18.2 Å². The molecule has 2 aromatic carbocycles. The van der Waals surface area contributed by atoms with Crippen molar-refractivity contribution >= 4 is 34.8 Å². The molecule has 0 fully saturated rings. The fraction of sp³-hybridized carbons (Fsp3) is 0.238. The van der Waals surface area contributed by atoms with Gasteiger partial charge in [-0.1, -0.05) is 37.3 Å². The maximum absolute atomic E-state index is 13.2. The lowest BCUT2D eigenvalue weighted by molar-refractivity contribution is -0.119. The van der Waals surface area contributed by atoms with Gasteiger partial charge in [0.2, 0.25) is 0 Å². The second-order valence-electron chi connectivity index (χ2n) is 6.05. The minimum atomic E-state index is -0.307. The van der Waals surface area contributed by atoms with Crippen LogP contribution in [0.5, 0.6) is 5.75 Å². The first-order chi connectivity index (χ1) is 12.5. The topological polar surface area (TPSA) is 46.6 Å². The SMILES string of the molecule is CCSC1=C(c2ccc(C)c(C)c2)C(=O)N(c2ccccc2OC)C1=O. The van der Waals surface area contributed by atoms with Gasteiger partial charge >= 0.3 is 0 Å². The van der Waals surface area contributed by atoms with Crippen LogP contribution in [-0.2, 0) is 9.59 Å². The number of amides is 2. The Labute approximate surface area is 157 Å². The monoisotopic (exact) mass is 367 g/mol. The molecule has 134 valence electrons. The largest absolute Gasteiger partial charge is 0.495 e. The van der Waals surface area contributed by atoms with Gasteiger partial charge in [-0.15, -0.1) is 11.8 Å². The van der Waals surface area contributed by atoms with Gasteiger partial charge < -0.3 is 4.74 Å². The van der Waals surface area contributed by atoms with Gasteiger partial charge in [-0.25, -0.2) is 4.90 Å². The number of benzene rings is 2. The third-order valence-electron chi connectivity index (χ3n) is 4.45. The number of hydrogen-bond acceptors (Lipinski definition) is 4. The summed E-state index contributed by atoms with van der Waals surface area (Å²) in [5.41, 5.74) is 3.96. The van der Waals surface area contributed by atoms with E-state index in [2.05, 4.69) is 0 Å². The molecule has 0 spiro atoms. The standard InChI is InChI=1S/C21H21NO3S/c1-5-26-19-18(15-11-10-13(2)14(3)12-15)20(23)22(21(19)24)16-8-6-7-9-17(16)25-4/h6-12H,5H2,1-4H3. The van der Waals surface area contributed by atoms with Gasteiger partial charge in [0, 0.05) is 0 Å². The second-order valence-corrected chi connectivity index (χ2v) is 7.33. The van der Waals surface area contributed by atoms with Gasteiger partial charge in [0.05, 0.1) is 23.3 Å². The number of thioether (sulfide) groups is 1. The van der Waals surface area contributed by atoms with E-state index in [9.17, 15) is 9.59 Å². The zero-order chi connectivity index (χ0) is 18.8. The van der Waals surface area contributed by atoms with Gasteiger partial charge in [-0.3, -0.25) is 9.59 Å². The van der Waals surface area contributed by atoms with Crippen molar-refractivity contribution in [1.82, 2.24) is 0 Å². The first-order valence-electron chi connectivity index (χ1n) is 8.46. The molecule has 2 amide bonds. The number of ether oxygens (including phenoxy) is 1. The quantitative estimate of drug-likeness (QED) is 0.737. The zero-order valence-corrected chi connectivity index (χ0v) is 16.1. The van der Waals surface area contributed by atoms with Gasteiger partial charge in [0.15, 0.2) is 0 Å². The molecule has 0 atom stereocenters. The fourth-order valence-electron chi connectivity index (χ4n) is 2.97. The number of para-hydroxylation sites is 2. The van der Waals surface area contributed by atoms with Crippen molar-refractivity contribution in [2.75, 3.05) is 17.8 Å². The van der Waals surface area contributed by atoms with Crippen LogP contribution in [0, 0.1) is 13.8 Å². The van der Waals surface area contributed by atoms with Crippen molar-refractivity contribution in [2.45, 2.75) is 20.8 Å². The number of carbonyl (C=O) groups is 2. The molecule has 5 heteroatoms. The molecule has 0 radical (unpaired) electrons. The Morgan fingerprint density at radius 2 is 1.73 bits per heavy atom. The third kappa shape index (κ3) is 3.03. The number of carbonyl (C=O) groups excluding carboxylic acids is 2. The summed E-state index contributed by atoms with van der Waals surface area (Å²) in [6.07, 6.45) is 0. The number of imide groups is 1. The predicted molar refractivity (Wildman–Crippen MR) is 106 cm³/mol. The van der Waals surface area contributed by atoms with Crippen molar-refractivity contribution in [3.05, 3.63) is 64.1 Å². The molecule has 3 rings (SSSR count). The molecular weight excluding hydrogens is 346 g/mol. The van der Waals surface area contributed by atoms with Crippen LogP contribution in [0.15, 0.2) is 47.4 Å². The molecule has 1 aliphatic rings. The van der Waals surface area contributed by atoms with E-state index in [0.717, 1.165) is 16.7 Å². The van der Waals surface area contributed by atoms with Crippen LogP contribution in [0.2, 0.25) is 0 Å². The van der Waals surface area contributed by atoms with Crippen molar-refractivity contribution in [1.29, 1.82) is 0 Å². The lowest BCUT2D eigenvalue weighted by atomic mass is 10.0. The van der Waals surface area contributed by atoms with Crippen LogP contribution in [0.3, 0.4) is 0 Å². The highest BCUT2D eigenvalue weighted by molar-refractivity contribution is 8.04. The summed E-state index contributed by atoms with van der Waals surface area (Å²) in [6, 6.07) is 12.9. The second kappa shape index (κ2) is 7.38. The van der Waals surface area contributed by atoms with Crippen molar-refractivity contribution < 1.29 is 14.3 Å². The maximum Gasteiger partial charge on any atom is 0.272 e. The van der Waals surface area contributed by atoms with Crippen LogP contribution in [0.1, 0.15) is 23.6 Å². The van der Waals surface area contributed by atoms with Gasteiger partial charge in [-0.2, -0.15) is 0 Å². The van der Waals surface area contributed by atoms with Crippen molar-refractivity contribution in [3.63, 3.8) is 0 Å². The molecule has 0 saturated carbocycles. The zero-order valence-electron chi connectivity index (χ0n) is 15.3. The molecule has 0 aliphatic carbocycles. The lowest BCUT2D eigenvalue weighted by Gasteiger charge is -2.18. The van der Waals surface area contributed by atoms with E-state index in [1.807, 2.05) is 45.0 Å². The van der Waals surface area contributed by atoms with E-state index >= 15 is 0 Å². The van der Waals surface area contributed by atoms with Gasteiger partial charge in [0.1, 0.15) is 5.75 Å². The van der Waals surface area contributed by atoms with E-state index in [-0.39, 0.29) is 11.8 Å². The lowest BCUT2D eigenvalue weighted by Crippen LogP contribution is -2.31. The van der Waals surface area contributed by atoms with Crippen molar-refractivity contribution in [3.8, 4) is 5.75 Å². The minimum absolute atomic E-state index is 0.292. The summed E-state index contributed by atoms with van der Waals surface area (Å²) in [6.45, 7) is 6.00. The minimum Gasteiger partial charge on any atom is -0.495 e. The molecule has 0 N–H and O–H groups in total. The molecule has 4 nitrogen and oxygen atoms in total. The van der Waals surface area contributed by atoms with E-state index < -0.39 is 0 Å². The normalized spacial score (nSPS) is 14.4. The summed E-state index contributed by atoms with van der Waals surface area (Å²) in [4.78, 5) is 28.0. The first-order valence-corrected chi connectivity index (χ1v) is 9.44. The predicted octanol–water partition coefficient (Wildman–Crippen LogP) is 4.35. The van der Waals surface area contributed by atoms with Crippen LogP contribution >= 0.6 is 11.8 Å². The highest BCUT2D eigenvalue weighted by atomic mass is 32.2. The number of hydrogen-bond donors (Lipinski definition) is 0. The Balaban J connectivity index is 2.14. The van der Waals surface area contributed by atoms with Crippen molar-refractivity contribution in [2.24, 2.45) is 0 Å². The van der Waals surface area contributed by atoms with Crippen LogP contribution < -0.4 is 9.64 Å². The Kier molecular flexibility index (Phi) is 5.18. The Morgan fingerprint density at radius 3 is 2.38 bits per heavy atom. The number of rotatable bonds is 5. The van der Waals surface area contributed by atoms with Gasteiger partial charge in [-0.05, 0) is 48.4 Å². The smallest absolute Gasteiger partial charge is 0.272 e. The van der Waals surface area contributed by atoms with E-state index in [1.165, 1.54) is 23.8 Å². The van der Waals surface area contributed by atoms with Gasteiger partial charge in [0.25, 0.3) is 11.8 Å².